The van der Waals surface area contributed by atoms with Crippen molar-refractivity contribution in [3.8, 4) is 16.9 Å². The van der Waals surface area contributed by atoms with Gasteiger partial charge in [-0.05, 0) is 17.7 Å². The van der Waals surface area contributed by atoms with E-state index in [4.69, 9.17) is 9.31 Å². The molecule has 0 saturated heterocycles. The second kappa shape index (κ2) is 11.6. The maximum absolute atomic E-state index is 16.1. The smallest absolute Gasteiger partial charge is 0.530 e. The lowest BCUT2D eigenvalue weighted by Crippen LogP contribution is -2.47. The van der Waals surface area contributed by atoms with E-state index in [0.29, 0.717) is 24.3 Å². The molecule has 0 aliphatic heterocycles. The maximum Gasteiger partial charge on any atom is 0.567 e. The van der Waals surface area contributed by atoms with Gasteiger partial charge in [-0.1, -0.05) is 18.2 Å². The Morgan fingerprint density at radius 2 is 1.10 bits per heavy atom. The van der Waals surface area contributed by atoms with Crippen molar-refractivity contribution in [2.45, 2.75) is 12.0 Å². The Bertz CT molecular complexity index is 2480. The van der Waals surface area contributed by atoms with E-state index < -0.39 is 162 Å². The van der Waals surface area contributed by atoms with Crippen molar-refractivity contribution in [1.82, 2.24) is 0 Å². The number of halogens is 17. The van der Waals surface area contributed by atoms with Crippen LogP contribution in [0.2, 0.25) is 0 Å². The number of alkyl halides is 2. The van der Waals surface area contributed by atoms with Crippen LogP contribution in [0.5, 0.6) is 5.75 Å². The van der Waals surface area contributed by atoms with Crippen LogP contribution in [0.3, 0.4) is 0 Å². The van der Waals surface area contributed by atoms with Crippen molar-refractivity contribution in [3.05, 3.63) is 134 Å². The van der Waals surface area contributed by atoms with Gasteiger partial charge >= 0.3 is 13.0 Å². The molecule has 2 aliphatic carbocycles. The Morgan fingerprint density at radius 3 is 1.75 bits per heavy atom. The monoisotopic (exact) mass is 756 g/mol. The summed E-state index contributed by atoms with van der Waals surface area (Å²) in [6.45, 7) is 0. The SMILES string of the molecule is FC1=C(F)C(OB(Oc2c(F)c(F)c(F)c3c(F)cccc23)c2c(F)c(F)c(F)c3c2C(F)(F)c2c(F)c(F)c(F)c(F)c2-3)c2ccc(F)c(F)c21. The van der Waals surface area contributed by atoms with Crippen molar-refractivity contribution >= 4 is 29.2 Å². The van der Waals surface area contributed by atoms with E-state index in [9.17, 15) is 43.9 Å². The molecular weight excluding hydrogens is 750 g/mol. The molecule has 0 N–H and O–H groups in total. The highest BCUT2D eigenvalue weighted by atomic mass is 19.3. The van der Waals surface area contributed by atoms with E-state index in [0.717, 1.165) is 0 Å². The summed E-state index contributed by atoms with van der Waals surface area (Å²) in [7, 11) is -3.63. The Balaban J connectivity index is 1.57. The Hall–Kier alpha value is -5.27. The largest absolute Gasteiger partial charge is 0.567 e. The molecule has 0 radical (unpaired) electrons. The minimum atomic E-state index is -5.50. The molecule has 0 saturated carbocycles. The average Bonchev–Trinajstić information content (AvgIpc) is 3.49. The molecule has 0 fully saturated rings. The van der Waals surface area contributed by atoms with Crippen molar-refractivity contribution in [3.63, 3.8) is 0 Å². The predicted molar refractivity (Wildman–Crippen MR) is 144 cm³/mol. The van der Waals surface area contributed by atoms with Gasteiger partial charge in [0.05, 0.1) is 16.5 Å². The molecule has 1 unspecified atom stereocenters. The number of hydrogen-bond donors (Lipinski definition) is 0. The van der Waals surface area contributed by atoms with Gasteiger partial charge in [0.2, 0.25) is 5.82 Å². The first-order chi connectivity index (χ1) is 24.3. The standard InChI is InChI=1S/C32H6BF17O2/c34-8-3-1-2-6-10(8)18(37)26(45)29(48)30(6)51-33(52-31-7-4-5-9(35)17(36)11(7)19(38)28(31)47)16-14-12(20(39)24(43)23(16)42)13-15(32(14,49)50)22(41)27(46)25(44)21(13)40/h1-5,31H. The van der Waals surface area contributed by atoms with Gasteiger partial charge in [-0.3, -0.25) is 0 Å². The lowest BCUT2D eigenvalue weighted by Gasteiger charge is -2.26. The van der Waals surface area contributed by atoms with E-state index in [1.165, 1.54) is 0 Å². The highest BCUT2D eigenvalue weighted by molar-refractivity contribution is 6.63. The van der Waals surface area contributed by atoms with Gasteiger partial charge in [0.15, 0.2) is 75.6 Å². The first-order valence-corrected chi connectivity index (χ1v) is 13.9. The number of hydrogen-bond acceptors (Lipinski definition) is 2. The summed E-state index contributed by atoms with van der Waals surface area (Å²) in [6, 6.07) is 2.36. The van der Waals surface area contributed by atoms with Crippen molar-refractivity contribution in [2.75, 3.05) is 0 Å². The third-order valence-electron chi connectivity index (χ3n) is 8.36. The van der Waals surface area contributed by atoms with Crippen LogP contribution in [0.4, 0.5) is 74.6 Å². The molecule has 20 heteroatoms. The zero-order chi connectivity index (χ0) is 38.0. The van der Waals surface area contributed by atoms with Crippen LogP contribution >= 0.6 is 0 Å². The molecule has 1 atom stereocenters. The first-order valence-electron chi connectivity index (χ1n) is 13.9. The topological polar surface area (TPSA) is 18.5 Å². The fourth-order valence-corrected chi connectivity index (χ4v) is 6.12. The summed E-state index contributed by atoms with van der Waals surface area (Å²) in [5.74, 6) is -45.0. The van der Waals surface area contributed by atoms with Crippen LogP contribution in [-0.2, 0) is 10.6 Å². The van der Waals surface area contributed by atoms with Gasteiger partial charge in [0.25, 0.3) is 0 Å². The molecule has 0 spiro atoms. The molecule has 0 bridgehead atoms. The maximum atomic E-state index is 16.1. The highest BCUT2D eigenvalue weighted by Gasteiger charge is 2.57. The van der Waals surface area contributed by atoms with Crippen LogP contribution in [0.1, 0.15) is 28.4 Å². The normalized spacial score (nSPS) is 15.8. The minimum absolute atomic E-state index is 0.229. The fourth-order valence-electron chi connectivity index (χ4n) is 6.12. The highest BCUT2D eigenvalue weighted by Crippen LogP contribution is 2.55. The minimum Gasteiger partial charge on any atom is -0.530 e. The average molecular weight is 756 g/mol. The Labute approximate surface area is 276 Å². The summed E-state index contributed by atoms with van der Waals surface area (Å²) in [4.78, 5) is 0. The van der Waals surface area contributed by atoms with E-state index in [-0.39, 0.29) is 6.07 Å². The number of benzene rings is 5. The second-order valence-corrected chi connectivity index (χ2v) is 11.1. The van der Waals surface area contributed by atoms with Gasteiger partial charge in [-0.2, -0.15) is 13.2 Å². The third-order valence-corrected chi connectivity index (χ3v) is 8.36. The fraction of sp³-hybridized carbons (Fsp3) is 0.0625. The van der Waals surface area contributed by atoms with Crippen LogP contribution in [-0.4, -0.2) is 7.12 Å². The Kier molecular flexibility index (Phi) is 7.86. The van der Waals surface area contributed by atoms with Crippen LogP contribution in [0.25, 0.3) is 27.7 Å². The molecule has 2 aliphatic rings. The molecule has 0 heterocycles. The van der Waals surface area contributed by atoms with Crippen molar-refractivity contribution in [1.29, 1.82) is 0 Å². The quantitative estimate of drug-likeness (QED) is 0.0770. The molecule has 2 nitrogen and oxygen atoms in total. The van der Waals surface area contributed by atoms with E-state index in [1.54, 1.807) is 0 Å². The van der Waals surface area contributed by atoms with Gasteiger partial charge in [0, 0.05) is 27.5 Å². The van der Waals surface area contributed by atoms with Crippen LogP contribution in [0, 0.1) is 75.6 Å². The number of fused-ring (bicyclic) bond motifs is 5. The van der Waals surface area contributed by atoms with Crippen LogP contribution < -0.4 is 10.1 Å². The molecule has 0 amide bonds. The van der Waals surface area contributed by atoms with Gasteiger partial charge in [-0.25, -0.2) is 61.5 Å². The van der Waals surface area contributed by atoms with E-state index >= 15 is 30.7 Å². The zero-order valence-electron chi connectivity index (χ0n) is 24.3. The van der Waals surface area contributed by atoms with E-state index in [2.05, 4.69) is 0 Å². The zero-order valence-corrected chi connectivity index (χ0v) is 24.3. The molecule has 268 valence electrons. The summed E-state index contributed by atoms with van der Waals surface area (Å²) in [6.07, 6.45) is -2.93. The summed E-state index contributed by atoms with van der Waals surface area (Å²) >= 11 is 0. The lowest BCUT2D eigenvalue weighted by molar-refractivity contribution is 0.0430. The predicted octanol–water partition coefficient (Wildman–Crippen LogP) is 9.92. The summed E-state index contributed by atoms with van der Waals surface area (Å²) in [5, 5.41) is -2.65. The van der Waals surface area contributed by atoms with Gasteiger partial charge in [0.1, 0.15) is 17.7 Å². The summed E-state index contributed by atoms with van der Waals surface area (Å²) < 4.78 is 265. The van der Waals surface area contributed by atoms with Crippen molar-refractivity contribution in [2.24, 2.45) is 0 Å². The molecule has 5 aromatic carbocycles. The third kappa shape index (κ3) is 4.51. The second-order valence-electron chi connectivity index (χ2n) is 11.1. The van der Waals surface area contributed by atoms with Gasteiger partial charge < -0.3 is 9.31 Å². The first kappa shape index (κ1) is 35.2. The van der Waals surface area contributed by atoms with Gasteiger partial charge in [-0.15, -0.1) is 0 Å². The van der Waals surface area contributed by atoms with E-state index in [1.807, 2.05) is 0 Å². The van der Waals surface area contributed by atoms with Crippen molar-refractivity contribution < 1.29 is 83.9 Å². The molecule has 7 rings (SSSR count). The molecule has 5 aromatic rings. The summed E-state index contributed by atoms with van der Waals surface area (Å²) in [5.41, 5.74) is -14.6. The Morgan fingerprint density at radius 1 is 0.519 bits per heavy atom. The number of rotatable bonds is 5. The lowest BCUT2D eigenvalue weighted by atomic mass is 9.72. The van der Waals surface area contributed by atoms with Crippen LogP contribution in [0.15, 0.2) is 36.2 Å². The molecule has 52 heavy (non-hydrogen) atoms. The molecular formula is C32H6BF17O2. The molecule has 0 aromatic heterocycles.